The number of carboxylic acid groups (broad SMARTS) is 1. The summed E-state index contributed by atoms with van der Waals surface area (Å²) in [6, 6.07) is 12.4. The van der Waals surface area contributed by atoms with Crippen molar-refractivity contribution in [3.05, 3.63) is 59.7 Å². The van der Waals surface area contributed by atoms with Gasteiger partial charge in [0.2, 0.25) is 0 Å². The van der Waals surface area contributed by atoms with Gasteiger partial charge in [0.15, 0.2) is 0 Å². The number of phenols is 2. The van der Waals surface area contributed by atoms with Gasteiger partial charge in [0.1, 0.15) is 17.5 Å². The van der Waals surface area contributed by atoms with Gasteiger partial charge in [0.05, 0.1) is 5.56 Å². The van der Waals surface area contributed by atoms with Crippen LogP contribution in [-0.2, 0) is 11.2 Å². The van der Waals surface area contributed by atoms with Crippen LogP contribution in [0.1, 0.15) is 24.1 Å². The average Bonchev–Trinajstić information content (AvgIpc) is 2.47. The molecule has 2 rings (SSSR count). The van der Waals surface area contributed by atoms with Crippen LogP contribution in [0.25, 0.3) is 0 Å². The van der Waals surface area contributed by atoms with Crippen LogP contribution in [0.5, 0.6) is 11.5 Å². The lowest BCUT2D eigenvalue weighted by molar-refractivity contribution is -0.139. The number of carbonyl (C=O) groups is 1. The lowest BCUT2D eigenvalue weighted by Crippen LogP contribution is -2.40. The van der Waals surface area contributed by atoms with Crippen molar-refractivity contribution in [3.63, 3.8) is 0 Å². The van der Waals surface area contributed by atoms with Gasteiger partial charge in [-0.25, -0.2) is 0 Å². The van der Waals surface area contributed by atoms with E-state index in [1.165, 1.54) is 18.2 Å². The van der Waals surface area contributed by atoms with E-state index in [4.69, 9.17) is 0 Å². The molecule has 0 aromatic heterocycles. The molecule has 2 aromatic rings. The van der Waals surface area contributed by atoms with Gasteiger partial charge in [-0.15, -0.1) is 0 Å². The summed E-state index contributed by atoms with van der Waals surface area (Å²) in [5.41, 5.74) is 1.19. The van der Waals surface area contributed by atoms with E-state index in [9.17, 15) is 20.1 Å². The zero-order chi connectivity index (χ0) is 16.1. The number of aromatic hydroxyl groups is 2. The molecule has 4 N–H and O–H groups in total. The highest BCUT2D eigenvalue weighted by atomic mass is 16.4. The van der Waals surface area contributed by atoms with Crippen LogP contribution < -0.4 is 5.32 Å². The topological polar surface area (TPSA) is 89.8 Å². The number of nitrogens with one attached hydrogen (secondary N) is 1. The van der Waals surface area contributed by atoms with E-state index in [-0.39, 0.29) is 11.5 Å². The Morgan fingerprint density at radius 2 is 1.64 bits per heavy atom. The van der Waals surface area contributed by atoms with Gasteiger partial charge < -0.3 is 15.3 Å². The SMILES string of the molecule is CC(NC(Cc1ccccc1)C(=O)O)c1c(O)cccc1O. The Morgan fingerprint density at radius 3 is 2.18 bits per heavy atom. The van der Waals surface area contributed by atoms with E-state index in [0.717, 1.165) is 5.56 Å². The minimum Gasteiger partial charge on any atom is -0.507 e. The van der Waals surface area contributed by atoms with Crippen molar-refractivity contribution in [2.24, 2.45) is 0 Å². The van der Waals surface area contributed by atoms with Crippen molar-refractivity contribution in [3.8, 4) is 11.5 Å². The molecule has 5 heteroatoms. The molecule has 116 valence electrons. The van der Waals surface area contributed by atoms with Crippen molar-refractivity contribution in [2.45, 2.75) is 25.4 Å². The van der Waals surface area contributed by atoms with E-state index in [2.05, 4.69) is 5.32 Å². The Hall–Kier alpha value is -2.53. The molecule has 0 radical (unpaired) electrons. The molecule has 2 unspecified atom stereocenters. The standard InChI is InChI=1S/C17H19NO4/c1-11(16-14(19)8-5-9-15(16)20)18-13(17(21)22)10-12-6-3-2-4-7-12/h2-9,11,13,18-20H,10H2,1H3,(H,21,22). The monoisotopic (exact) mass is 301 g/mol. The second-order valence-corrected chi connectivity index (χ2v) is 5.18. The summed E-state index contributed by atoms with van der Waals surface area (Å²) >= 11 is 0. The number of hydrogen-bond donors (Lipinski definition) is 4. The molecular weight excluding hydrogens is 282 g/mol. The third-order valence-electron chi connectivity index (χ3n) is 3.53. The van der Waals surface area contributed by atoms with Crippen LogP contribution in [0.2, 0.25) is 0 Å². The molecule has 0 fully saturated rings. The maximum atomic E-state index is 11.5. The number of rotatable bonds is 6. The minimum atomic E-state index is -0.981. The van der Waals surface area contributed by atoms with Gasteiger partial charge in [-0.3, -0.25) is 10.1 Å². The molecule has 0 aliphatic heterocycles. The number of hydrogen-bond acceptors (Lipinski definition) is 4. The van der Waals surface area contributed by atoms with Crippen molar-refractivity contribution in [1.29, 1.82) is 0 Å². The van der Waals surface area contributed by atoms with Crippen LogP contribution in [0.3, 0.4) is 0 Å². The van der Waals surface area contributed by atoms with Crippen LogP contribution in [0.15, 0.2) is 48.5 Å². The first-order valence-electron chi connectivity index (χ1n) is 7.02. The quantitative estimate of drug-likeness (QED) is 0.658. The number of benzene rings is 2. The summed E-state index contributed by atoms with van der Waals surface area (Å²) in [5.74, 6) is -1.11. The normalized spacial score (nSPS) is 13.5. The first-order valence-corrected chi connectivity index (χ1v) is 7.02. The van der Waals surface area contributed by atoms with E-state index >= 15 is 0 Å². The number of aliphatic carboxylic acids is 1. The Labute approximate surface area is 128 Å². The van der Waals surface area contributed by atoms with Crippen LogP contribution in [-0.4, -0.2) is 27.3 Å². The zero-order valence-electron chi connectivity index (χ0n) is 12.2. The van der Waals surface area contributed by atoms with E-state index < -0.39 is 18.1 Å². The second-order valence-electron chi connectivity index (χ2n) is 5.18. The van der Waals surface area contributed by atoms with E-state index in [1.54, 1.807) is 6.92 Å². The molecule has 5 nitrogen and oxygen atoms in total. The third-order valence-corrected chi connectivity index (χ3v) is 3.53. The zero-order valence-corrected chi connectivity index (χ0v) is 12.2. The Bertz CT molecular complexity index is 622. The fourth-order valence-corrected chi connectivity index (χ4v) is 2.44. The molecule has 0 saturated carbocycles. The van der Waals surface area contributed by atoms with Gasteiger partial charge in [0.25, 0.3) is 0 Å². The van der Waals surface area contributed by atoms with Gasteiger partial charge in [-0.1, -0.05) is 36.4 Å². The van der Waals surface area contributed by atoms with Gasteiger partial charge in [-0.05, 0) is 31.0 Å². The van der Waals surface area contributed by atoms with Crippen LogP contribution >= 0.6 is 0 Å². The van der Waals surface area contributed by atoms with E-state index in [0.29, 0.717) is 12.0 Å². The predicted molar refractivity (Wildman–Crippen MR) is 82.9 cm³/mol. The Balaban J connectivity index is 2.16. The molecule has 22 heavy (non-hydrogen) atoms. The van der Waals surface area contributed by atoms with Crippen LogP contribution in [0.4, 0.5) is 0 Å². The Kier molecular flexibility index (Phi) is 5.01. The number of phenolic OH excluding ortho intramolecular Hbond substituents is 2. The summed E-state index contributed by atoms with van der Waals surface area (Å²) in [7, 11) is 0. The summed E-state index contributed by atoms with van der Waals surface area (Å²) in [5, 5.41) is 32.0. The minimum absolute atomic E-state index is 0.0659. The smallest absolute Gasteiger partial charge is 0.321 e. The molecule has 0 saturated heterocycles. The summed E-state index contributed by atoms with van der Waals surface area (Å²) in [4.78, 5) is 11.5. The van der Waals surface area contributed by atoms with Crippen molar-refractivity contribution >= 4 is 5.97 Å². The summed E-state index contributed by atoms with van der Waals surface area (Å²) < 4.78 is 0. The van der Waals surface area contributed by atoms with E-state index in [1.807, 2.05) is 30.3 Å². The van der Waals surface area contributed by atoms with Gasteiger partial charge in [0, 0.05) is 6.04 Å². The lowest BCUT2D eigenvalue weighted by Gasteiger charge is -2.22. The van der Waals surface area contributed by atoms with Crippen LogP contribution in [0, 0.1) is 0 Å². The fourth-order valence-electron chi connectivity index (χ4n) is 2.44. The average molecular weight is 301 g/mol. The van der Waals surface area contributed by atoms with Crippen molar-refractivity contribution < 1.29 is 20.1 Å². The molecular formula is C17H19NO4. The highest BCUT2D eigenvalue weighted by molar-refractivity contribution is 5.74. The first-order chi connectivity index (χ1) is 10.5. The molecule has 0 amide bonds. The molecule has 0 aliphatic rings. The fraction of sp³-hybridized carbons (Fsp3) is 0.235. The van der Waals surface area contributed by atoms with Crippen molar-refractivity contribution in [1.82, 2.24) is 5.32 Å². The molecule has 2 aromatic carbocycles. The predicted octanol–water partition coefficient (Wildman–Crippen LogP) is 2.44. The molecule has 0 spiro atoms. The highest BCUT2D eigenvalue weighted by Gasteiger charge is 2.23. The highest BCUT2D eigenvalue weighted by Crippen LogP contribution is 2.32. The largest absolute Gasteiger partial charge is 0.507 e. The molecule has 0 bridgehead atoms. The maximum absolute atomic E-state index is 11.5. The molecule has 0 heterocycles. The first kappa shape index (κ1) is 15.9. The van der Waals surface area contributed by atoms with Crippen molar-refractivity contribution in [2.75, 3.05) is 0 Å². The molecule has 0 aliphatic carbocycles. The van der Waals surface area contributed by atoms with Gasteiger partial charge >= 0.3 is 5.97 Å². The van der Waals surface area contributed by atoms with Gasteiger partial charge in [-0.2, -0.15) is 0 Å². The summed E-state index contributed by atoms with van der Waals surface area (Å²) in [6.07, 6.45) is 0.314. The number of carboxylic acids is 1. The third kappa shape index (κ3) is 3.77. The second kappa shape index (κ2) is 6.95. The lowest BCUT2D eigenvalue weighted by atomic mass is 10.0. The maximum Gasteiger partial charge on any atom is 0.321 e. The molecule has 2 atom stereocenters. The summed E-state index contributed by atoms with van der Waals surface area (Å²) in [6.45, 7) is 1.70. The Morgan fingerprint density at radius 1 is 1.05 bits per heavy atom.